The van der Waals surface area contributed by atoms with Gasteiger partial charge in [-0.2, -0.15) is 0 Å². The van der Waals surface area contributed by atoms with Gasteiger partial charge in [-0.05, 0) is 43.2 Å². The van der Waals surface area contributed by atoms with Crippen molar-refractivity contribution in [2.24, 2.45) is 17.1 Å². The van der Waals surface area contributed by atoms with Crippen LogP contribution in [0.1, 0.15) is 40.4 Å². The van der Waals surface area contributed by atoms with E-state index >= 15 is 0 Å². The van der Waals surface area contributed by atoms with Crippen LogP contribution in [-0.4, -0.2) is 46.8 Å². The van der Waals surface area contributed by atoms with Crippen LogP contribution in [0.5, 0.6) is 5.75 Å². The second-order valence-electron chi connectivity index (χ2n) is 8.35. The number of benzene rings is 1. The Hall–Kier alpha value is -3.27. The van der Waals surface area contributed by atoms with Gasteiger partial charge in [0, 0.05) is 28.9 Å². The van der Waals surface area contributed by atoms with Crippen molar-refractivity contribution in [2.75, 3.05) is 13.1 Å². The first-order valence-electron chi connectivity index (χ1n) is 9.95. The van der Waals surface area contributed by atoms with Gasteiger partial charge < -0.3 is 20.5 Å². The third kappa shape index (κ3) is 5.13. The first-order valence-corrected chi connectivity index (χ1v) is 10.8. The fourth-order valence-electron chi connectivity index (χ4n) is 3.57. The molecule has 2 heterocycles. The molecule has 1 amide bonds. The van der Waals surface area contributed by atoms with Crippen molar-refractivity contribution in [3.05, 3.63) is 51.5 Å². The molecule has 170 valence electrons. The zero-order valence-corrected chi connectivity index (χ0v) is 18.5. The highest BCUT2D eigenvalue weighted by Crippen LogP contribution is 2.31. The van der Waals surface area contributed by atoms with E-state index in [0.717, 1.165) is 22.3 Å². The van der Waals surface area contributed by atoms with Crippen LogP contribution in [0.3, 0.4) is 0 Å². The summed E-state index contributed by atoms with van der Waals surface area (Å²) < 4.78 is 19.3. The Kier molecular flexibility index (Phi) is 6.63. The van der Waals surface area contributed by atoms with Crippen molar-refractivity contribution >= 4 is 35.0 Å². The number of halogens is 1. The number of hydrogen-bond acceptors (Lipinski definition) is 6. The van der Waals surface area contributed by atoms with Gasteiger partial charge >= 0.3 is 11.9 Å². The Bertz CT molecular complexity index is 1080. The lowest BCUT2D eigenvalue weighted by Gasteiger charge is -2.28. The number of rotatable bonds is 7. The van der Waals surface area contributed by atoms with Gasteiger partial charge in [-0.25, -0.2) is 9.18 Å². The summed E-state index contributed by atoms with van der Waals surface area (Å²) in [5.41, 5.74) is 4.71. The van der Waals surface area contributed by atoms with E-state index in [4.69, 9.17) is 21.0 Å². The number of carboxylic acid groups (broad SMARTS) is 1. The Balaban J connectivity index is 1.65. The van der Waals surface area contributed by atoms with Crippen molar-refractivity contribution in [1.29, 1.82) is 5.41 Å². The number of ether oxygens (including phenoxy) is 1. The zero-order chi connectivity index (χ0) is 23.6. The molecule has 3 rings (SSSR count). The molecule has 2 aromatic rings. The molecule has 0 radical (unpaired) electrons. The SMILES string of the molecule is CC(C)(Cc1ccc(C(=O)Oc2ccc(C(=N)N)cc2F)s1)C(=O)N1CC[C@@H](C(=O)O)C1. The Morgan fingerprint density at radius 3 is 2.62 bits per heavy atom. The molecule has 1 aromatic heterocycles. The Morgan fingerprint density at radius 1 is 1.31 bits per heavy atom. The monoisotopic (exact) mass is 461 g/mol. The molecule has 0 bridgehead atoms. The van der Waals surface area contributed by atoms with Crippen LogP contribution in [0.25, 0.3) is 0 Å². The largest absolute Gasteiger partial charge is 0.481 e. The predicted octanol–water partition coefficient (Wildman–Crippen LogP) is 2.89. The first-order chi connectivity index (χ1) is 15.0. The molecule has 4 N–H and O–H groups in total. The Morgan fingerprint density at radius 2 is 2.03 bits per heavy atom. The summed E-state index contributed by atoms with van der Waals surface area (Å²) in [4.78, 5) is 39.1. The minimum Gasteiger partial charge on any atom is -0.481 e. The van der Waals surface area contributed by atoms with Crippen LogP contribution >= 0.6 is 11.3 Å². The van der Waals surface area contributed by atoms with Crippen LogP contribution in [-0.2, 0) is 16.0 Å². The number of thiophene rings is 1. The van der Waals surface area contributed by atoms with Gasteiger partial charge in [0.15, 0.2) is 11.6 Å². The molecule has 1 aliphatic rings. The van der Waals surface area contributed by atoms with Crippen LogP contribution in [0.15, 0.2) is 30.3 Å². The standard InChI is InChI=1S/C22H24FN3O5S/c1-22(2,21(30)26-8-7-13(11-26)19(27)28)10-14-4-6-17(32-14)20(29)31-16-5-3-12(18(24)25)9-15(16)23/h3-6,9,13H,7-8,10-11H2,1-2H3,(H3,24,25)(H,27,28)/t13-/m1/s1. The van der Waals surface area contributed by atoms with E-state index < -0.39 is 29.1 Å². The molecule has 32 heavy (non-hydrogen) atoms. The average molecular weight is 462 g/mol. The predicted molar refractivity (Wildman–Crippen MR) is 117 cm³/mol. The molecule has 10 heteroatoms. The summed E-state index contributed by atoms with van der Waals surface area (Å²) in [5, 5.41) is 16.5. The summed E-state index contributed by atoms with van der Waals surface area (Å²) in [5.74, 6) is -3.67. The summed E-state index contributed by atoms with van der Waals surface area (Å²) in [6, 6.07) is 6.92. The van der Waals surface area contributed by atoms with Crippen molar-refractivity contribution in [1.82, 2.24) is 4.90 Å². The van der Waals surface area contributed by atoms with Crippen LogP contribution < -0.4 is 10.5 Å². The van der Waals surface area contributed by atoms with Crippen LogP contribution in [0.4, 0.5) is 4.39 Å². The quantitative estimate of drug-likeness (QED) is 0.251. The molecular weight excluding hydrogens is 437 g/mol. The van der Waals surface area contributed by atoms with Crippen molar-refractivity contribution in [3.8, 4) is 5.75 Å². The van der Waals surface area contributed by atoms with Crippen molar-refractivity contribution in [2.45, 2.75) is 26.7 Å². The summed E-state index contributed by atoms with van der Waals surface area (Å²) in [6.45, 7) is 4.18. The highest BCUT2D eigenvalue weighted by molar-refractivity contribution is 7.14. The van der Waals surface area contributed by atoms with Gasteiger partial charge in [0.1, 0.15) is 10.7 Å². The first kappa shape index (κ1) is 23.4. The number of hydrogen-bond donors (Lipinski definition) is 3. The van der Waals surface area contributed by atoms with E-state index in [1.807, 2.05) is 0 Å². The molecule has 0 spiro atoms. The normalized spacial score (nSPS) is 16.1. The third-order valence-corrected chi connectivity index (χ3v) is 6.39. The number of carboxylic acids is 1. The number of nitrogen functional groups attached to an aromatic ring is 1. The highest BCUT2D eigenvalue weighted by Gasteiger charge is 2.38. The van der Waals surface area contributed by atoms with E-state index in [9.17, 15) is 18.8 Å². The van der Waals surface area contributed by atoms with E-state index in [2.05, 4.69) is 0 Å². The van der Waals surface area contributed by atoms with E-state index in [1.165, 1.54) is 12.1 Å². The number of esters is 1. The second kappa shape index (κ2) is 9.07. The molecule has 1 aliphatic heterocycles. The van der Waals surface area contributed by atoms with Gasteiger partial charge in [0.25, 0.3) is 0 Å². The number of carbonyl (C=O) groups excluding carboxylic acids is 2. The van der Waals surface area contributed by atoms with E-state index in [0.29, 0.717) is 19.4 Å². The maximum atomic E-state index is 14.1. The fourth-order valence-corrected chi connectivity index (χ4v) is 4.68. The number of amides is 1. The lowest BCUT2D eigenvalue weighted by atomic mass is 9.87. The number of nitrogens with two attached hydrogens (primary N) is 1. The fraction of sp³-hybridized carbons (Fsp3) is 0.364. The van der Waals surface area contributed by atoms with Gasteiger partial charge in [-0.1, -0.05) is 13.8 Å². The minimum atomic E-state index is -0.896. The van der Waals surface area contributed by atoms with Crippen LogP contribution in [0.2, 0.25) is 0 Å². The summed E-state index contributed by atoms with van der Waals surface area (Å²) in [6.07, 6.45) is 0.801. The summed E-state index contributed by atoms with van der Waals surface area (Å²) in [7, 11) is 0. The number of nitrogens with one attached hydrogen (secondary N) is 1. The molecule has 0 aliphatic carbocycles. The highest BCUT2D eigenvalue weighted by atomic mass is 32.1. The van der Waals surface area contributed by atoms with Crippen LogP contribution in [0, 0.1) is 22.6 Å². The maximum Gasteiger partial charge on any atom is 0.353 e. The van der Waals surface area contributed by atoms with E-state index in [-0.39, 0.29) is 34.5 Å². The lowest BCUT2D eigenvalue weighted by Crippen LogP contribution is -2.41. The van der Waals surface area contributed by atoms with Gasteiger partial charge in [-0.15, -0.1) is 11.3 Å². The molecule has 1 saturated heterocycles. The molecule has 0 unspecified atom stereocenters. The lowest BCUT2D eigenvalue weighted by molar-refractivity contribution is -0.142. The van der Waals surface area contributed by atoms with Gasteiger partial charge in [0.05, 0.1) is 5.92 Å². The number of carbonyl (C=O) groups is 3. The second-order valence-corrected chi connectivity index (χ2v) is 9.52. The third-order valence-electron chi connectivity index (χ3n) is 5.33. The number of nitrogens with zero attached hydrogens (tertiary/aromatic N) is 1. The smallest absolute Gasteiger partial charge is 0.353 e. The van der Waals surface area contributed by atoms with Gasteiger partial charge in [0.2, 0.25) is 5.91 Å². The van der Waals surface area contributed by atoms with Crippen molar-refractivity contribution < 1.29 is 28.6 Å². The average Bonchev–Trinajstić information content (AvgIpc) is 3.38. The number of amidine groups is 1. The number of likely N-dealkylation sites (tertiary alicyclic amines) is 1. The molecule has 1 fully saturated rings. The minimum absolute atomic E-state index is 0.133. The molecule has 1 aromatic carbocycles. The number of aliphatic carboxylic acids is 1. The molecule has 0 saturated carbocycles. The van der Waals surface area contributed by atoms with Gasteiger partial charge in [-0.3, -0.25) is 15.0 Å². The zero-order valence-electron chi connectivity index (χ0n) is 17.7. The molecular formula is C22H24FN3O5S. The summed E-state index contributed by atoms with van der Waals surface area (Å²) >= 11 is 1.15. The molecule has 1 atom stereocenters. The Labute approximate surface area is 188 Å². The van der Waals surface area contributed by atoms with Crippen molar-refractivity contribution in [3.63, 3.8) is 0 Å². The maximum absolute atomic E-state index is 14.1. The molecule has 8 nitrogen and oxygen atoms in total. The topological polar surface area (TPSA) is 134 Å². The van der Waals surface area contributed by atoms with E-state index in [1.54, 1.807) is 30.9 Å².